The first-order valence-electron chi connectivity index (χ1n) is 8.60. The highest BCUT2D eigenvalue weighted by molar-refractivity contribution is 7.99. The van der Waals surface area contributed by atoms with Crippen LogP contribution in [0.5, 0.6) is 5.75 Å². The molecule has 0 bridgehead atoms. The summed E-state index contributed by atoms with van der Waals surface area (Å²) < 4.78 is 7.45. The number of nitrogens with two attached hydrogens (primary N) is 1. The summed E-state index contributed by atoms with van der Waals surface area (Å²) in [7, 11) is 1.65. The smallest absolute Gasteiger partial charge is 0.227 e. The number of hydrogen-bond acceptors (Lipinski definition) is 5. The molecule has 6 nitrogen and oxygen atoms in total. The Morgan fingerprint density at radius 1 is 1.28 bits per heavy atom. The van der Waals surface area contributed by atoms with Crippen LogP contribution in [0.25, 0.3) is 11.4 Å². The van der Waals surface area contributed by atoms with Crippen LogP contribution in [0.3, 0.4) is 0 Å². The molecule has 2 N–H and O–H groups in total. The van der Waals surface area contributed by atoms with Crippen molar-refractivity contribution in [2.24, 2.45) is 11.7 Å². The van der Waals surface area contributed by atoms with Gasteiger partial charge in [-0.3, -0.25) is 9.36 Å². The van der Waals surface area contributed by atoms with Gasteiger partial charge in [-0.1, -0.05) is 31.5 Å². The number of benzene rings is 1. The maximum Gasteiger partial charge on any atom is 0.227 e. The molecule has 1 aromatic carbocycles. The zero-order valence-electron chi connectivity index (χ0n) is 14.6. The summed E-state index contributed by atoms with van der Waals surface area (Å²) >= 11 is 1.36. The van der Waals surface area contributed by atoms with Gasteiger partial charge in [-0.05, 0) is 43.0 Å². The van der Waals surface area contributed by atoms with Crippen LogP contribution in [-0.2, 0) is 4.79 Å². The second-order valence-corrected chi connectivity index (χ2v) is 7.43. The van der Waals surface area contributed by atoms with E-state index < -0.39 is 0 Å². The van der Waals surface area contributed by atoms with Crippen molar-refractivity contribution in [3.63, 3.8) is 0 Å². The van der Waals surface area contributed by atoms with Crippen LogP contribution in [0, 0.1) is 5.92 Å². The minimum atomic E-state index is -0.345. The van der Waals surface area contributed by atoms with Gasteiger partial charge in [0.25, 0.3) is 0 Å². The monoisotopic (exact) mass is 360 g/mol. The summed E-state index contributed by atoms with van der Waals surface area (Å²) in [4.78, 5) is 11.2. The highest BCUT2D eigenvalue weighted by Gasteiger charge is 2.28. The Morgan fingerprint density at radius 2 is 2.00 bits per heavy atom. The van der Waals surface area contributed by atoms with Crippen molar-refractivity contribution in [3.8, 4) is 17.1 Å². The molecule has 1 fully saturated rings. The predicted molar refractivity (Wildman–Crippen MR) is 98.6 cm³/mol. The van der Waals surface area contributed by atoms with Crippen molar-refractivity contribution < 1.29 is 9.53 Å². The Labute approximate surface area is 152 Å². The van der Waals surface area contributed by atoms with Gasteiger partial charge in [-0.2, -0.15) is 0 Å². The molecule has 0 spiro atoms. The Kier molecular flexibility index (Phi) is 5.63. The highest BCUT2D eigenvalue weighted by Crippen LogP contribution is 2.39. The van der Waals surface area contributed by atoms with Gasteiger partial charge in [-0.15, -0.1) is 10.2 Å². The largest absolute Gasteiger partial charge is 0.497 e. The number of amides is 1. The van der Waals surface area contributed by atoms with E-state index in [1.807, 2.05) is 24.3 Å². The van der Waals surface area contributed by atoms with Crippen molar-refractivity contribution in [1.29, 1.82) is 0 Å². The number of carbonyl (C=O) groups excluding carboxylic acids is 1. The normalized spacial score (nSPS) is 20.4. The van der Waals surface area contributed by atoms with E-state index in [1.54, 1.807) is 7.11 Å². The molecule has 1 saturated carbocycles. The molecule has 0 aliphatic heterocycles. The fourth-order valence-electron chi connectivity index (χ4n) is 3.43. The topological polar surface area (TPSA) is 83.0 Å². The first kappa shape index (κ1) is 17.8. The van der Waals surface area contributed by atoms with E-state index >= 15 is 0 Å². The Bertz CT molecular complexity index is 729. The lowest BCUT2D eigenvalue weighted by Gasteiger charge is -2.31. The van der Waals surface area contributed by atoms with Crippen LogP contribution in [-0.4, -0.2) is 33.5 Å². The molecule has 1 aliphatic carbocycles. The number of carbonyl (C=O) groups is 1. The maximum atomic E-state index is 11.2. The fourth-order valence-corrected chi connectivity index (χ4v) is 4.16. The van der Waals surface area contributed by atoms with Crippen LogP contribution < -0.4 is 10.5 Å². The van der Waals surface area contributed by atoms with Crippen LogP contribution in [0.15, 0.2) is 29.4 Å². The SMILES string of the molecule is COc1ccc(-c2nnc(SCC(N)=O)n2[C@H]2CCCC[C@@H]2C)cc1. The molecule has 1 aliphatic rings. The average Bonchev–Trinajstić information content (AvgIpc) is 3.04. The van der Waals surface area contributed by atoms with Gasteiger partial charge in [0.2, 0.25) is 5.91 Å². The molecular weight excluding hydrogens is 336 g/mol. The van der Waals surface area contributed by atoms with Crippen LogP contribution >= 0.6 is 11.8 Å². The zero-order chi connectivity index (χ0) is 17.8. The lowest BCUT2D eigenvalue weighted by molar-refractivity contribution is -0.115. The molecule has 0 saturated heterocycles. The van der Waals surface area contributed by atoms with Gasteiger partial charge >= 0.3 is 0 Å². The molecule has 0 radical (unpaired) electrons. The first-order chi connectivity index (χ1) is 12.1. The number of aromatic nitrogens is 3. The third-order valence-corrected chi connectivity index (χ3v) is 5.72. The molecule has 7 heteroatoms. The molecule has 2 aromatic rings. The third kappa shape index (κ3) is 3.98. The van der Waals surface area contributed by atoms with E-state index in [-0.39, 0.29) is 11.7 Å². The van der Waals surface area contributed by atoms with Crippen molar-refractivity contribution in [2.45, 2.75) is 43.8 Å². The molecular formula is C18H24N4O2S. The quantitative estimate of drug-likeness (QED) is 0.799. The van der Waals surface area contributed by atoms with Gasteiger partial charge in [-0.25, -0.2) is 0 Å². The number of rotatable bonds is 6. The molecule has 1 aromatic heterocycles. The second-order valence-electron chi connectivity index (χ2n) is 6.49. The number of methoxy groups -OCH3 is 1. The predicted octanol–water partition coefficient (Wildman–Crippen LogP) is 3.28. The maximum absolute atomic E-state index is 11.2. The fraction of sp³-hybridized carbons (Fsp3) is 0.500. The average molecular weight is 360 g/mol. The van der Waals surface area contributed by atoms with Crippen molar-refractivity contribution in [3.05, 3.63) is 24.3 Å². The summed E-state index contributed by atoms with van der Waals surface area (Å²) in [6.45, 7) is 2.28. The van der Waals surface area contributed by atoms with Crippen LogP contribution in [0.2, 0.25) is 0 Å². The Balaban J connectivity index is 1.99. The van der Waals surface area contributed by atoms with Crippen molar-refractivity contribution in [1.82, 2.24) is 14.8 Å². The lowest BCUT2D eigenvalue weighted by Crippen LogP contribution is -2.23. The minimum Gasteiger partial charge on any atom is -0.497 e. The summed E-state index contributed by atoms with van der Waals surface area (Å²) in [5.74, 6) is 2.07. The summed E-state index contributed by atoms with van der Waals surface area (Å²) in [6, 6.07) is 8.19. The Morgan fingerprint density at radius 3 is 2.64 bits per heavy atom. The van der Waals surface area contributed by atoms with Crippen molar-refractivity contribution >= 4 is 17.7 Å². The van der Waals surface area contributed by atoms with E-state index in [2.05, 4.69) is 21.7 Å². The second kappa shape index (κ2) is 7.91. The van der Waals surface area contributed by atoms with E-state index in [4.69, 9.17) is 10.5 Å². The Hall–Kier alpha value is -2.02. The number of ether oxygens (including phenoxy) is 1. The molecule has 0 unspecified atom stereocenters. The summed E-state index contributed by atoms with van der Waals surface area (Å²) in [6.07, 6.45) is 4.77. The van der Waals surface area contributed by atoms with E-state index in [9.17, 15) is 4.79 Å². The molecule has 25 heavy (non-hydrogen) atoms. The van der Waals surface area contributed by atoms with Gasteiger partial charge in [0.15, 0.2) is 11.0 Å². The van der Waals surface area contributed by atoms with E-state index in [0.29, 0.717) is 12.0 Å². The lowest BCUT2D eigenvalue weighted by atomic mass is 9.85. The van der Waals surface area contributed by atoms with Gasteiger partial charge in [0.1, 0.15) is 5.75 Å². The van der Waals surface area contributed by atoms with Crippen molar-refractivity contribution in [2.75, 3.05) is 12.9 Å². The molecule has 3 rings (SSSR count). The number of primary amides is 1. The number of hydrogen-bond donors (Lipinski definition) is 1. The number of nitrogens with zero attached hydrogens (tertiary/aromatic N) is 3. The van der Waals surface area contributed by atoms with E-state index in [1.165, 1.54) is 31.0 Å². The zero-order valence-corrected chi connectivity index (χ0v) is 15.5. The summed E-state index contributed by atoms with van der Waals surface area (Å²) in [5.41, 5.74) is 6.31. The van der Waals surface area contributed by atoms with Crippen LogP contribution in [0.1, 0.15) is 38.6 Å². The molecule has 2 atom stereocenters. The molecule has 134 valence electrons. The van der Waals surface area contributed by atoms with Crippen LogP contribution in [0.4, 0.5) is 0 Å². The molecule has 1 heterocycles. The van der Waals surface area contributed by atoms with Gasteiger partial charge in [0, 0.05) is 11.6 Å². The number of thioether (sulfide) groups is 1. The van der Waals surface area contributed by atoms with Gasteiger partial charge < -0.3 is 10.5 Å². The standard InChI is InChI=1S/C18H24N4O2S/c1-12-5-3-4-6-15(12)22-17(13-7-9-14(24-2)10-8-13)20-21-18(22)25-11-16(19)23/h7-10,12,15H,3-6,11H2,1-2H3,(H2,19,23)/t12-,15-/m0/s1. The van der Waals surface area contributed by atoms with Gasteiger partial charge in [0.05, 0.1) is 12.9 Å². The minimum absolute atomic E-state index is 0.210. The first-order valence-corrected chi connectivity index (χ1v) is 9.59. The van der Waals surface area contributed by atoms with E-state index in [0.717, 1.165) is 28.7 Å². The summed E-state index contributed by atoms with van der Waals surface area (Å²) in [5, 5.41) is 9.55. The third-order valence-electron chi connectivity index (χ3n) is 4.75. The molecule has 1 amide bonds. The highest BCUT2D eigenvalue weighted by atomic mass is 32.2.